The Bertz CT molecular complexity index is 935. The third kappa shape index (κ3) is 5.71. The number of fused-ring (bicyclic) bond motifs is 1. The van der Waals surface area contributed by atoms with E-state index >= 15 is 0 Å². The van der Waals surface area contributed by atoms with Crippen LogP contribution < -0.4 is 20.3 Å². The van der Waals surface area contributed by atoms with Crippen LogP contribution in [-0.2, 0) is 11.2 Å². The average molecular weight is 425 g/mol. The summed E-state index contributed by atoms with van der Waals surface area (Å²) in [4.78, 5) is 13.9. The summed E-state index contributed by atoms with van der Waals surface area (Å²) >= 11 is 5.44. The van der Waals surface area contributed by atoms with E-state index in [-0.39, 0.29) is 12.5 Å². The minimum Gasteiger partial charge on any atom is -0.494 e. The SMILES string of the molecule is CC.COc1cc2c(cc1NC(=S)Nc1ccc(C)cc1)CCCC(=O)N2CC#N. The zero-order valence-electron chi connectivity index (χ0n) is 17.9. The maximum absolute atomic E-state index is 12.3. The van der Waals surface area contributed by atoms with Crippen molar-refractivity contribution in [3.8, 4) is 11.8 Å². The Morgan fingerprint density at radius 2 is 1.90 bits per heavy atom. The molecule has 1 heterocycles. The summed E-state index contributed by atoms with van der Waals surface area (Å²) in [5.41, 5.74) is 4.50. The zero-order chi connectivity index (χ0) is 22.1. The summed E-state index contributed by atoms with van der Waals surface area (Å²) in [6, 6.07) is 13.8. The second kappa shape index (κ2) is 11.2. The quantitative estimate of drug-likeness (QED) is 0.529. The van der Waals surface area contributed by atoms with E-state index in [2.05, 4.69) is 16.7 Å². The van der Waals surface area contributed by atoms with E-state index in [0.717, 1.165) is 35.5 Å². The van der Waals surface area contributed by atoms with Crippen LogP contribution in [0.2, 0.25) is 0 Å². The number of methoxy groups -OCH3 is 1. The van der Waals surface area contributed by atoms with Gasteiger partial charge in [-0.05, 0) is 55.7 Å². The number of carbonyl (C=O) groups is 1. The van der Waals surface area contributed by atoms with E-state index < -0.39 is 0 Å². The van der Waals surface area contributed by atoms with Gasteiger partial charge in [0, 0.05) is 18.2 Å². The van der Waals surface area contributed by atoms with Gasteiger partial charge in [0.15, 0.2) is 5.11 Å². The minimum atomic E-state index is -0.0420. The lowest BCUT2D eigenvalue weighted by Crippen LogP contribution is -2.30. The molecule has 0 aliphatic carbocycles. The number of carbonyl (C=O) groups excluding carboxylic acids is 1. The molecule has 2 aromatic rings. The number of hydrogen-bond donors (Lipinski definition) is 2. The van der Waals surface area contributed by atoms with Gasteiger partial charge in [-0.25, -0.2) is 0 Å². The molecule has 0 saturated carbocycles. The number of nitriles is 1. The summed E-state index contributed by atoms with van der Waals surface area (Å²) in [7, 11) is 1.57. The molecular formula is C23H28N4O2S. The fourth-order valence-electron chi connectivity index (χ4n) is 3.20. The van der Waals surface area contributed by atoms with Crippen LogP contribution in [0.15, 0.2) is 36.4 Å². The van der Waals surface area contributed by atoms with Crippen molar-refractivity contribution in [2.24, 2.45) is 0 Å². The smallest absolute Gasteiger partial charge is 0.227 e. The molecule has 0 radical (unpaired) electrons. The first-order valence-corrected chi connectivity index (χ1v) is 10.5. The Hall–Kier alpha value is -3.11. The number of rotatable bonds is 4. The highest BCUT2D eigenvalue weighted by molar-refractivity contribution is 7.80. The molecule has 1 amide bonds. The Kier molecular flexibility index (Phi) is 8.63. The Labute approximate surface area is 183 Å². The molecule has 0 unspecified atom stereocenters. The van der Waals surface area contributed by atoms with Gasteiger partial charge in [0.2, 0.25) is 5.91 Å². The van der Waals surface area contributed by atoms with Crippen molar-refractivity contribution in [3.63, 3.8) is 0 Å². The highest BCUT2D eigenvalue weighted by Crippen LogP contribution is 2.36. The van der Waals surface area contributed by atoms with E-state index in [4.69, 9.17) is 22.2 Å². The normalized spacial score (nSPS) is 12.5. The molecule has 3 rings (SSSR count). The number of ether oxygens (including phenoxy) is 1. The molecular weight excluding hydrogens is 396 g/mol. The molecule has 0 atom stereocenters. The molecule has 1 aliphatic rings. The van der Waals surface area contributed by atoms with Crippen molar-refractivity contribution in [2.75, 3.05) is 29.2 Å². The van der Waals surface area contributed by atoms with Crippen molar-refractivity contribution in [1.29, 1.82) is 5.26 Å². The van der Waals surface area contributed by atoms with E-state index in [1.807, 2.05) is 51.1 Å². The maximum Gasteiger partial charge on any atom is 0.227 e. The zero-order valence-corrected chi connectivity index (χ0v) is 18.7. The van der Waals surface area contributed by atoms with Gasteiger partial charge in [-0.15, -0.1) is 0 Å². The highest BCUT2D eigenvalue weighted by Gasteiger charge is 2.24. The molecule has 1 aliphatic heterocycles. The molecule has 2 aromatic carbocycles. The Morgan fingerprint density at radius 3 is 2.53 bits per heavy atom. The molecule has 6 nitrogen and oxygen atoms in total. The van der Waals surface area contributed by atoms with Crippen LogP contribution in [0.5, 0.6) is 5.75 Å². The van der Waals surface area contributed by atoms with Crippen LogP contribution in [0.1, 0.15) is 37.8 Å². The number of nitrogens with zero attached hydrogens (tertiary/aromatic N) is 2. The van der Waals surface area contributed by atoms with Gasteiger partial charge in [0.25, 0.3) is 0 Å². The fourth-order valence-corrected chi connectivity index (χ4v) is 3.42. The van der Waals surface area contributed by atoms with Crippen molar-refractivity contribution in [3.05, 3.63) is 47.5 Å². The molecule has 2 N–H and O–H groups in total. The van der Waals surface area contributed by atoms with Crippen LogP contribution in [0.4, 0.5) is 17.1 Å². The van der Waals surface area contributed by atoms with Crippen LogP contribution in [0, 0.1) is 18.3 Å². The monoisotopic (exact) mass is 424 g/mol. The van der Waals surface area contributed by atoms with Crippen molar-refractivity contribution >= 4 is 40.3 Å². The molecule has 0 spiro atoms. The highest BCUT2D eigenvalue weighted by atomic mass is 32.1. The van der Waals surface area contributed by atoms with E-state index in [0.29, 0.717) is 17.3 Å². The number of anilines is 3. The molecule has 0 bridgehead atoms. The Morgan fingerprint density at radius 1 is 1.20 bits per heavy atom. The van der Waals surface area contributed by atoms with E-state index in [9.17, 15) is 4.79 Å². The fraction of sp³-hybridized carbons (Fsp3) is 0.348. The summed E-state index contributed by atoms with van der Waals surface area (Å²) in [6.07, 6.45) is 1.92. The number of hydrogen-bond acceptors (Lipinski definition) is 4. The van der Waals surface area contributed by atoms with Gasteiger partial charge < -0.3 is 15.4 Å². The lowest BCUT2D eigenvalue weighted by molar-refractivity contribution is -0.118. The summed E-state index contributed by atoms with van der Waals surface area (Å²) < 4.78 is 5.51. The van der Waals surface area contributed by atoms with Crippen molar-refractivity contribution in [2.45, 2.75) is 40.0 Å². The predicted molar refractivity (Wildman–Crippen MR) is 126 cm³/mol. The number of nitrogens with one attached hydrogen (secondary N) is 2. The van der Waals surface area contributed by atoms with Gasteiger partial charge in [0.05, 0.1) is 24.6 Å². The number of thiocarbonyl (C=S) groups is 1. The largest absolute Gasteiger partial charge is 0.494 e. The first-order chi connectivity index (χ1) is 14.5. The van der Waals surface area contributed by atoms with E-state index in [1.54, 1.807) is 13.2 Å². The van der Waals surface area contributed by atoms with E-state index in [1.165, 1.54) is 10.5 Å². The minimum absolute atomic E-state index is 0.0230. The number of benzene rings is 2. The third-order valence-corrected chi connectivity index (χ3v) is 4.82. The van der Waals surface area contributed by atoms with Gasteiger partial charge in [0.1, 0.15) is 12.3 Å². The average Bonchev–Trinajstić information content (AvgIpc) is 2.89. The number of amides is 1. The second-order valence-electron chi connectivity index (χ2n) is 6.62. The van der Waals surface area contributed by atoms with Gasteiger partial charge in [-0.1, -0.05) is 31.5 Å². The summed E-state index contributed by atoms with van der Waals surface area (Å²) in [5, 5.41) is 15.9. The van der Waals surface area contributed by atoms with Gasteiger partial charge in [-0.3, -0.25) is 9.69 Å². The number of aryl methyl sites for hydroxylation is 2. The summed E-state index contributed by atoms with van der Waals surface area (Å²) in [5.74, 6) is 0.518. The predicted octanol–water partition coefficient (Wildman–Crippen LogP) is 5.03. The Balaban J connectivity index is 0.00000155. The molecule has 0 fully saturated rings. The third-order valence-electron chi connectivity index (χ3n) is 4.62. The van der Waals surface area contributed by atoms with Crippen LogP contribution in [0.3, 0.4) is 0 Å². The summed E-state index contributed by atoms with van der Waals surface area (Å²) in [6.45, 7) is 6.05. The molecule has 0 saturated heterocycles. The lowest BCUT2D eigenvalue weighted by atomic mass is 10.1. The first kappa shape index (κ1) is 23.2. The standard InChI is InChI=1S/C21H22N4O2S.C2H6/c1-14-6-8-16(9-7-14)23-21(28)24-17-12-15-4-3-5-20(26)25(11-10-22)18(15)13-19(17)27-2;1-2/h6-9,12-13H,3-5,11H2,1-2H3,(H2,23,24,28);1-2H3. The van der Waals surface area contributed by atoms with Gasteiger partial charge in [-0.2, -0.15) is 5.26 Å². The van der Waals surface area contributed by atoms with Crippen molar-refractivity contribution in [1.82, 2.24) is 0 Å². The molecule has 7 heteroatoms. The second-order valence-corrected chi connectivity index (χ2v) is 7.03. The van der Waals surface area contributed by atoms with Crippen molar-refractivity contribution < 1.29 is 9.53 Å². The van der Waals surface area contributed by atoms with Gasteiger partial charge >= 0.3 is 0 Å². The lowest BCUT2D eigenvalue weighted by Gasteiger charge is -2.22. The molecule has 158 valence electrons. The molecule has 30 heavy (non-hydrogen) atoms. The maximum atomic E-state index is 12.3. The van der Waals surface area contributed by atoms with Crippen LogP contribution >= 0.6 is 12.2 Å². The topological polar surface area (TPSA) is 77.4 Å². The first-order valence-electron chi connectivity index (χ1n) is 10.0. The van der Waals surface area contributed by atoms with Crippen LogP contribution in [-0.4, -0.2) is 24.7 Å². The molecule has 0 aromatic heterocycles. The van der Waals surface area contributed by atoms with Crippen LogP contribution in [0.25, 0.3) is 0 Å².